The van der Waals surface area contributed by atoms with Gasteiger partial charge in [-0.3, -0.25) is 0 Å². The molecule has 0 atom stereocenters. The van der Waals surface area contributed by atoms with Crippen molar-refractivity contribution in [3.63, 3.8) is 0 Å². The molecule has 0 saturated carbocycles. The third-order valence-corrected chi connectivity index (χ3v) is 2.78. The number of methoxy groups -OCH3 is 1. The number of hydrogen-bond acceptors (Lipinski definition) is 1. The van der Waals surface area contributed by atoms with Gasteiger partial charge in [0.15, 0.2) is 0 Å². The Hall–Kier alpha value is -0.920. The smallest absolute Gasteiger partial charge is 0.420 e. The largest absolute Gasteiger partial charge is 0.496 e. The van der Waals surface area contributed by atoms with Crippen LogP contribution >= 0.6 is 15.9 Å². The Balaban J connectivity index is 3.64. The molecule has 0 aliphatic carbocycles. The summed E-state index contributed by atoms with van der Waals surface area (Å²) in [6.45, 7) is 0. The molecule has 0 bridgehead atoms. The monoisotopic (exact) mass is 336 g/mol. The van der Waals surface area contributed by atoms with Crippen LogP contribution < -0.4 is 4.74 Å². The molecule has 1 aromatic rings. The van der Waals surface area contributed by atoms with E-state index in [2.05, 4.69) is 20.7 Å². The van der Waals surface area contributed by atoms with Gasteiger partial charge in [0.05, 0.1) is 12.7 Å². The standard InChI is InChI=1S/C10H7BrF6O/c1-18-7-3-2-6(9(12,13)14)5(4-11)8(7)10(15,16)17/h2-3H,4H2,1H3. The van der Waals surface area contributed by atoms with Crippen LogP contribution in [-0.2, 0) is 17.7 Å². The van der Waals surface area contributed by atoms with E-state index in [9.17, 15) is 26.3 Å². The summed E-state index contributed by atoms with van der Waals surface area (Å²) in [6.07, 6.45) is -9.77. The highest BCUT2D eigenvalue weighted by Crippen LogP contribution is 2.44. The van der Waals surface area contributed by atoms with Crippen molar-refractivity contribution >= 4 is 15.9 Å². The molecule has 1 aromatic carbocycles. The van der Waals surface area contributed by atoms with Crippen molar-refractivity contribution < 1.29 is 31.1 Å². The molecule has 1 rings (SSSR count). The summed E-state index contributed by atoms with van der Waals surface area (Å²) in [6, 6.07) is 1.24. The van der Waals surface area contributed by atoms with Crippen LogP contribution in [0.5, 0.6) is 5.75 Å². The minimum absolute atomic E-state index is 0.574. The van der Waals surface area contributed by atoms with E-state index in [1.165, 1.54) is 0 Å². The summed E-state index contributed by atoms with van der Waals surface area (Å²) in [5.74, 6) is -0.634. The van der Waals surface area contributed by atoms with Gasteiger partial charge in [0.1, 0.15) is 11.3 Å². The molecule has 8 heteroatoms. The predicted molar refractivity (Wildman–Crippen MR) is 55.6 cm³/mol. The second-order valence-corrected chi connectivity index (χ2v) is 3.86. The Morgan fingerprint density at radius 1 is 1.06 bits per heavy atom. The summed E-state index contributed by atoms with van der Waals surface area (Å²) < 4.78 is 80.7. The average molecular weight is 337 g/mol. The van der Waals surface area contributed by atoms with E-state index >= 15 is 0 Å². The van der Waals surface area contributed by atoms with Gasteiger partial charge in [-0.05, 0) is 17.7 Å². The second-order valence-electron chi connectivity index (χ2n) is 3.30. The third kappa shape index (κ3) is 2.90. The van der Waals surface area contributed by atoms with Crippen molar-refractivity contribution in [1.29, 1.82) is 0 Å². The second kappa shape index (κ2) is 4.99. The molecule has 0 saturated heterocycles. The van der Waals surface area contributed by atoms with E-state index in [1.807, 2.05) is 0 Å². The lowest BCUT2D eigenvalue weighted by molar-refractivity contribution is -0.144. The lowest BCUT2D eigenvalue weighted by Crippen LogP contribution is -2.17. The van der Waals surface area contributed by atoms with Crippen LogP contribution in [0.3, 0.4) is 0 Å². The van der Waals surface area contributed by atoms with Crippen LogP contribution in [0.2, 0.25) is 0 Å². The quantitative estimate of drug-likeness (QED) is 0.565. The van der Waals surface area contributed by atoms with Crippen molar-refractivity contribution in [3.8, 4) is 5.75 Å². The number of benzene rings is 1. The average Bonchev–Trinajstić information content (AvgIpc) is 2.24. The van der Waals surface area contributed by atoms with Gasteiger partial charge in [0.25, 0.3) is 0 Å². The highest BCUT2D eigenvalue weighted by Gasteiger charge is 2.42. The van der Waals surface area contributed by atoms with E-state index in [1.54, 1.807) is 0 Å². The first-order valence-electron chi connectivity index (χ1n) is 4.53. The lowest BCUT2D eigenvalue weighted by atomic mass is 10.0. The molecule has 18 heavy (non-hydrogen) atoms. The zero-order valence-corrected chi connectivity index (χ0v) is 10.5. The van der Waals surface area contributed by atoms with Crippen LogP contribution in [0.15, 0.2) is 12.1 Å². The Morgan fingerprint density at radius 3 is 1.94 bits per heavy atom. The van der Waals surface area contributed by atoms with Crippen LogP contribution in [0.1, 0.15) is 16.7 Å². The van der Waals surface area contributed by atoms with Gasteiger partial charge in [0.2, 0.25) is 0 Å². The fourth-order valence-corrected chi connectivity index (χ4v) is 2.09. The third-order valence-electron chi connectivity index (χ3n) is 2.22. The van der Waals surface area contributed by atoms with E-state index in [0.717, 1.165) is 7.11 Å². The van der Waals surface area contributed by atoms with Crippen LogP contribution in [0, 0.1) is 0 Å². The van der Waals surface area contributed by atoms with Gasteiger partial charge in [0, 0.05) is 5.33 Å². The summed E-state index contributed by atoms with van der Waals surface area (Å²) in [7, 11) is 0.968. The molecule has 102 valence electrons. The summed E-state index contributed by atoms with van der Waals surface area (Å²) in [5.41, 5.74) is -3.61. The zero-order valence-electron chi connectivity index (χ0n) is 8.92. The highest BCUT2D eigenvalue weighted by molar-refractivity contribution is 9.08. The van der Waals surface area contributed by atoms with Crippen LogP contribution in [-0.4, -0.2) is 7.11 Å². The minimum atomic E-state index is -4.92. The van der Waals surface area contributed by atoms with Gasteiger partial charge < -0.3 is 4.74 Å². The highest BCUT2D eigenvalue weighted by atomic mass is 79.9. The Morgan fingerprint density at radius 2 is 1.61 bits per heavy atom. The van der Waals surface area contributed by atoms with E-state index in [4.69, 9.17) is 0 Å². The molecule has 0 fully saturated rings. The zero-order chi connectivity index (χ0) is 14.1. The van der Waals surface area contributed by atoms with E-state index < -0.39 is 40.1 Å². The summed E-state index contributed by atoms with van der Waals surface area (Å²) in [5, 5.41) is -0.576. The van der Waals surface area contributed by atoms with E-state index in [-0.39, 0.29) is 0 Å². The fourth-order valence-electron chi connectivity index (χ4n) is 1.51. The van der Waals surface area contributed by atoms with Gasteiger partial charge in [-0.2, -0.15) is 26.3 Å². The molecule has 0 amide bonds. The minimum Gasteiger partial charge on any atom is -0.496 e. The molecule has 1 nitrogen and oxygen atoms in total. The maximum absolute atomic E-state index is 12.8. The molecule has 0 N–H and O–H groups in total. The summed E-state index contributed by atoms with van der Waals surface area (Å²) >= 11 is 2.65. The van der Waals surface area contributed by atoms with Crippen molar-refractivity contribution in [2.24, 2.45) is 0 Å². The maximum Gasteiger partial charge on any atom is 0.420 e. The molecule has 0 unspecified atom stereocenters. The maximum atomic E-state index is 12.8. The first-order valence-corrected chi connectivity index (χ1v) is 5.65. The molecule has 0 aliphatic heterocycles. The number of rotatable bonds is 2. The van der Waals surface area contributed by atoms with Gasteiger partial charge in [-0.1, -0.05) is 15.9 Å². The number of alkyl halides is 7. The molecular formula is C10H7BrF6O. The number of halogens is 7. The van der Waals surface area contributed by atoms with Crippen LogP contribution in [0.4, 0.5) is 26.3 Å². The first kappa shape index (κ1) is 15.1. The van der Waals surface area contributed by atoms with Crippen molar-refractivity contribution in [1.82, 2.24) is 0 Å². The molecule has 0 spiro atoms. The predicted octanol–water partition coefficient (Wildman–Crippen LogP) is 4.63. The molecule has 0 radical (unpaired) electrons. The molecule has 0 heterocycles. The summed E-state index contributed by atoms with van der Waals surface area (Å²) in [4.78, 5) is 0. The number of hydrogen-bond donors (Lipinski definition) is 0. The van der Waals surface area contributed by atoms with Crippen molar-refractivity contribution in [2.75, 3.05) is 7.11 Å². The Bertz CT molecular complexity index is 437. The molecular weight excluding hydrogens is 330 g/mol. The van der Waals surface area contributed by atoms with Crippen LogP contribution in [0.25, 0.3) is 0 Å². The Labute approximate surface area is 107 Å². The van der Waals surface area contributed by atoms with Gasteiger partial charge in [-0.15, -0.1) is 0 Å². The fraction of sp³-hybridized carbons (Fsp3) is 0.400. The van der Waals surface area contributed by atoms with Gasteiger partial charge >= 0.3 is 12.4 Å². The van der Waals surface area contributed by atoms with Gasteiger partial charge in [-0.25, -0.2) is 0 Å². The van der Waals surface area contributed by atoms with E-state index in [0.29, 0.717) is 12.1 Å². The Kier molecular flexibility index (Phi) is 4.19. The normalized spacial score (nSPS) is 12.7. The lowest BCUT2D eigenvalue weighted by Gasteiger charge is -2.19. The van der Waals surface area contributed by atoms with Crippen molar-refractivity contribution in [3.05, 3.63) is 28.8 Å². The SMILES string of the molecule is COc1ccc(C(F)(F)F)c(CBr)c1C(F)(F)F. The topological polar surface area (TPSA) is 9.23 Å². The molecule has 0 aromatic heterocycles. The number of ether oxygens (including phenoxy) is 1. The van der Waals surface area contributed by atoms with Crippen molar-refractivity contribution in [2.45, 2.75) is 17.7 Å². The first-order chi connectivity index (χ1) is 8.12. The molecule has 0 aliphatic rings.